The lowest BCUT2D eigenvalue weighted by Crippen LogP contribution is -2.15. The molecule has 0 bridgehead atoms. The minimum atomic E-state index is -0.550. The van der Waals surface area contributed by atoms with E-state index in [1.807, 2.05) is 11.4 Å². The molecule has 2 N–H and O–H groups in total. The van der Waals surface area contributed by atoms with Gasteiger partial charge in [-0.3, -0.25) is 10.1 Å². The van der Waals surface area contributed by atoms with Crippen molar-refractivity contribution < 1.29 is 14.6 Å². The number of non-ortho nitro benzene ring substituents is 1. The molecule has 1 aromatic heterocycles. The number of carbonyl (C=O) groups is 1. The second-order valence-corrected chi connectivity index (χ2v) is 5.04. The van der Waals surface area contributed by atoms with E-state index in [1.54, 1.807) is 12.1 Å². The second-order valence-electron chi connectivity index (χ2n) is 4.00. The molecule has 7 nitrogen and oxygen atoms in total. The van der Waals surface area contributed by atoms with Crippen molar-refractivity contribution in [3.8, 4) is 0 Å². The number of thiophene rings is 1. The Morgan fingerprint density at radius 1 is 1.38 bits per heavy atom. The van der Waals surface area contributed by atoms with Gasteiger partial charge in [0.15, 0.2) is 5.84 Å². The van der Waals surface area contributed by atoms with Crippen molar-refractivity contribution in [3.63, 3.8) is 0 Å². The SMILES string of the molecule is N/C(=N/OC(=O)Cc1cccs1)c1cccc([N+](=O)[O-])c1. The highest BCUT2D eigenvalue weighted by atomic mass is 32.1. The summed E-state index contributed by atoms with van der Waals surface area (Å²) >= 11 is 1.43. The molecule has 1 aromatic carbocycles. The lowest BCUT2D eigenvalue weighted by Gasteiger charge is -2.01. The Labute approximate surface area is 123 Å². The number of hydrogen-bond donors (Lipinski definition) is 1. The van der Waals surface area contributed by atoms with Gasteiger partial charge in [0, 0.05) is 22.6 Å². The standard InChI is InChI=1S/C13H11N3O4S/c14-13(9-3-1-4-10(7-9)16(18)19)15-20-12(17)8-11-5-2-6-21-11/h1-7H,8H2,(H2,14,15). The van der Waals surface area contributed by atoms with E-state index in [0.717, 1.165) is 4.88 Å². The molecule has 1 heterocycles. The summed E-state index contributed by atoms with van der Waals surface area (Å²) in [6, 6.07) is 9.24. The molecular formula is C13H11N3O4S. The number of nitro groups is 1. The molecule has 2 aromatic rings. The monoisotopic (exact) mass is 305 g/mol. The lowest BCUT2D eigenvalue weighted by atomic mass is 10.2. The van der Waals surface area contributed by atoms with Gasteiger partial charge in [-0.05, 0) is 11.4 Å². The highest BCUT2D eigenvalue weighted by molar-refractivity contribution is 7.10. The molecule has 0 radical (unpaired) electrons. The summed E-state index contributed by atoms with van der Waals surface area (Å²) in [5.41, 5.74) is 5.84. The summed E-state index contributed by atoms with van der Waals surface area (Å²) < 4.78 is 0. The number of nitro benzene ring substituents is 1. The fraction of sp³-hybridized carbons (Fsp3) is 0.0769. The van der Waals surface area contributed by atoms with Crippen LogP contribution in [0.3, 0.4) is 0 Å². The summed E-state index contributed by atoms with van der Waals surface area (Å²) in [5, 5.41) is 16.0. The molecule has 0 saturated carbocycles. The van der Waals surface area contributed by atoms with Crippen molar-refractivity contribution in [1.82, 2.24) is 0 Å². The molecule has 108 valence electrons. The van der Waals surface area contributed by atoms with Crippen molar-refractivity contribution in [2.45, 2.75) is 6.42 Å². The topological polar surface area (TPSA) is 108 Å². The lowest BCUT2D eigenvalue weighted by molar-refractivity contribution is -0.384. The number of carbonyl (C=O) groups excluding carboxylic acids is 1. The van der Waals surface area contributed by atoms with Crippen LogP contribution >= 0.6 is 11.3 Å². The summed E-state index contributed by atoms with van der Waals surface area (Å²) in [6.07, 6.45) is 0.101. The van der Waals surface area contributed by atoms with Crippen LogP contribution in [0.4, 0.5) is 5.69 Å². The summed E-state index contributed by atoms with van der Waals surface area (Å²) in [7, 11) is 0. The van der Waals surface area contributed by atoms with Crippen LogP contribution < -0.4 is 5.73 Å². The number of benzene rings is 1. The van der Waals surface area contributed by atoms with Crippen LogP contribution in [-0.2, 0) is 16.1 Å². The van der Waals surface area contributed by atoms with Gasteiger partial charge < -0.3 is 10.6 Å². The Balaban J connectivity index is 2.02. The van der Waals surface area contributed by atoms with Gasteiger partial charge in [0.1, 0.15) is 0 Å². The molecule has 0 atom stereocenters. The van der Waals surface area contributed by atoms with Crippen LogP contribution in [0.1, 0.15) is 10.4 Å². The predicted octanol–water partition coefficient (Wildman–Crippen LogP) is 2.06. The first-order chi connectivity index (χ1) is 10.1. The Bertz CT molecular complexity index is 682. The molecule has 8 heteroatoms. The summed E-state index contributed by atoms with van der Waals surface area (Å²) in [6.45, 7) is 0. The number of hydrogen-bond acceptors (Lipinski definition) is 6. The second kappa shape index (κ2) is 6.62. The zero-order valence-electron chi connectivity index (χ0n) is 10.8. The largest absolute Gasteiger partial charge is 0.380 e. The molecule has 0 spiro atoms. The van der Waals surface area contributed by atoms with Crippen LogP contribution in [-0.4, -0.2) is 16.7 Å². The van der Waals surface area contributed by atoms with Gasteiger partial charge in [0.2, 0.25) is 0 Å². The summed E-state index contributed by atoms with van der Waals surface area (Å²) in [5.74, 6) is -0.649. The van der Waals surface area contributed by atoms with Gasteiger partial charge in [-0.1, -0.05) is 23.4 Å². The van der Waals surface area contributed by atoms with Crippen LogP contribution in [0.2, 0.25) is 0 Å². The molecule has 0 aliphatic carbocycles. The van der Waals surface area contributed by atoms with E-state index < -0.39 is 10.9 Å². The Morgan fingerprint density at radius 2 is 2.19 bits per heavy atom. The van der Waals surface area contributed by atoms with Gasteiger partial charge in [-0.25, -0.2) is 4.79 Å². The Hall–Kier alpha value is -2.74. The van der Waals surface area contributed by atoms with Crippen LogP contribution in [0.15, 0.2) is 46.9 Å². The van der Waals surface area contributed by atoms with Gasteiger partial charge in [-0.2, -0.15) is 0 Å². The molecule has 0 fully saturated rings. The van der Waals surface area contributed by atoms with Gasteiger partial charge in [0.25, 0.3) is 5.69 Å². The Kier molecular flexibility index (Phi) is 4.62. The van der Waals surface area contributed by atoms with E-state index in [-0.39, 0.29) is 17.9 Å². The third-order valence-electron chi connectivity index (χ3n) is 2.50. The van der Waals surface area contributed by atoms with Gasteiger partial charge in [-0.15, -0.1) is 11.3 Å². The zero-order valence-corrected chi connectivity index (χ0v) is 11.6. The number of oxime groups is 1. The van der Waals surface area contributed by atoms with Crippen molar-refractivity contribution in [2.75, 3.05) is 0 Å². The van der Waals surface area contributed by atoms with Crippen LogP contribution in [0, 0.1) is 10.1 Å². The number of amidine groups is 1. The van der Waals surface area contributed by atoms with E-state index in [9.17, 15) is 14.9 Å². The third-order valence-corrected chi connectivity index (χ3v) is 3.37. The van der Waals surface area contributed by atoms with Gasteiger partial charge in [0.05, 0.1) is 11.3 Å². The molecule has 21 heavy (non-hydrogen) atoms. The maximum absolute atomic E-state index is 11.5. The normalized spacial score (nSPS) is 11.1. The quantitative estimate of drug-likeness (QED) is 0.299. The number of rotatable bonds is 5. The maximum Gasteiger partial charge on any atom is 0.340 e. The number of nitrogens with two attached hydrogens (primary N) is 1. The first-order valence-electron chi connectivity index (χ1n) is 5.87. The van der Waals surface area contributed by atoms with Gasteiger partial charge >= 0.3 is 5.97 Å². The van der Waals surface area contributed by atoms with E-state index in [4.69, 9.17) is 10.6 Å². The van der Waals surface area contributed by atoms with Crippen LogP contribution in [0.5, 0.6) is 0 Å². The molecule has 0 aliphatic rings. The highest BCUT2D eigenvalue weighted by Gasteiger charge is 2.10. The van der Waals surface area contributed by atoms with E-state index in [0.29, 0.717) is 5.56 Å². The minimum absolute atomic E-state index is 0.0989. The fourth-order valence-corrected chi connectivity index (χ4v) is 2.21. The first kappa shape index (κ1) is 14.7. The molecule has 2 rings (SSSR count). The predicted molar refractivity (Wildman–Crippen MR) is 77.9 cm³/mol. The van der Waals surface area contributed by atoms with Crippen LogP contribution in [0.25, 0.3) is 0 Å². The third kappa shape index (κ3) is 4.11. The highest BCUT2D eigenvalue weighted by Crippen LogP contribution is 2.13. The molecule has 0 saturated heterocycles. The average molecular weight is 305 g/mol. The van der Waals surface area contributed by atoms with E-state index >= 15 is 0 Å². The maximum atomic E-state index is 11.5. The first-order valence-corrected chi connectivity index (χ1v) is 6.75. The minimum Gasteiger partial charge on any atom is -0.380 e. The number of nitrogens with zero attached hydrogens (tertiary/aromatic N) is 2. The van der Waals surface area contributed by atoms with Crippen molar-refractivity contribution >= 4 is 28.8 Å². The average Bonchev–Trinajstić information content (AvgIpc) is 2.97. The van der Waals surface area contributed by atoms with E-state index in [2.05, 4.69) is 5.16 Å². The van der Waals surface area contributed by atoms with Crippen molar-refractivity contribution in [1.29, 1.82) is 0 Å². The molecule has 0 aliphatic heterocycles. The van der Waals surface area contributed by atoms with Crippen molar-refractivity contribution in [2.24, 2.45) is 10.9 Å². The Morgan fingerprint density at radius 3 is 2.86 bits per heavy atom. The molecule has 0 amide bonds. The molecular weight excluding hydrogens is 294 g/mol. The zero-order chi connectivity index (χ0) is 15.2. The smallest absolute Gasteiger partial charge is 0.340 e. The fourth-order valence-electron chi connectivity index (χ4n) is 1.52. The van der Waals surface area contributed by atoms with E-state index in [1.165, 1.54) is 29.5 Å². The van der Waals surface area contributed by atoms with Crippen molar-refractivity contribution in [3.05, 3.63) is 62.3 Å². The summed E-state index contributed by atoms with van der Waals surface area (Å²) in [4.78, 5) is 27.2. The molecule has 0 unspecified atom stereocenters.